The molecule has 0 unspecified atom stereocenters. The van der Waals surface area contributed by atoms with Crippen molar-refractivity contribution >= 4 is 28.9 Å². The summed E-state index contributed by atoms with van der Waals surface area (Å²) >= 11 is 7.13. The monoisotopic (exact) mass is 253 g/mol. The lowest BCUT2D eigenvalue weighted by Gasteiger charge is -2.02. The summed E-state index contributed by atoms with van der Waals surface area (Å²) in [7, 11) is 0. The molecular formula is C11H8ClNO2S. The first-order valence-corrected chi connectivity index (χ1v) is 5.83. The molecule has 1 N–H and O–H groups in total. The lowest BCUT2D eigenvalue weighted by Crippen LogP contribution is -2.00. The minimum absolute atomic E-state index is 0.278. The molecule has 0 fully saturated rings. The number of hydrogen-bond acceptors (Lipinski definition) is 3. The smallest absolute Gasteiger partial charge is 0.347 e. The standard InChI is InChI=1S/C11H8ClNO2S/c12-8-4-2-1-3-7(8)5-9-10(11(14)15)16-6-13-9/h1-4,6H,5H2,(H,14,15). The van der Waals surface area contributed by atoms with Crippen LogP contribution in [0.3, 0.4) is 0 Å². The summed E-state index contributed by atoms with van der Waals surface area (Å²) in [5.74, 6) is -0.940. The number of aromatic carboxylic acids is 1. The van der Waals surface area contributed by atoms with Gasteiger partial charge in [0.1, 0.15) is 4.88 Å². The third-order valence-electron chi connectivity index (χ3n) is 2.15. The Morgan fingerprint density at radius 2 is 2.19 bits per heavy atom. The summed E-state index contributed by atoms with van der Waals surface area (Å²) in [6.07, 6.45) is 0.449. The van der Waals surface area contributed by atoms with E-state index in [0.29, 0.717) is 17.1 Å². The lowest BCUT2D eigenvalue weighted by atomic mass is 10.1. The quantitative estimate of drug-likeness (QED) is 0.915. The molecule has 0 amide bonds. The topological polar surface area (TPSA) is 50.2 Å². The number of halogens is 1. The van der Waals surface area contributed by atoms with Gasteiger partial charge in [-0.3, -0.25) is 0 Å². The van der Waals surface area contributed by atoms with Crippen LogP contribution in [0.25, 0.3) is 0 Å². The van der Waals surface area contributed by atoms with Crippen LogP contribution in [-0.2, 0) is 6.42 Å². The summed E-state index contributed by atoms with van der Waals surface area (Å²) < 4.78 is 0. The van der Waals surface area contributed by atoms with E-state index in [1.165, 1.54) is 5.51 Å². The fourth-order valence-electron chi connectivity index (χ4n) is 1.39. The van der Waals surface area contributed by atoms with Gasteiger partial charge in [-0.05, 0) is 11.6 Å². The first kappa shape index (κ1) is 11.1. The molecule has 0 saturated heterocycles. The van der Waals surface area contributed by atoms with E-state index in [-0.39, 0.29) is 4.88 Å². The normalized spacial score (nSPS) is 10.3. The fourth-order valence-corrected chi connectivity index (χ4v) is 2.24. The van der Waals surface area contributed by atoms with Crippen LogP contribution in [0.2, 0.25) is 5.02 Å². The molecule has 0 spiro atoms. The molecule has 0 aliphatic carbocycles. The zero-order valence-electron chi connectivity index (χ0n) is 8.18. The zero-order valence-corrected chi connectivity index (χ0v) is 9.76. The summed E-state index contributed by atoms with van der Waals surface area (Å²) in [5, 5.41) is 9.57. The van der Waals surface area contributed by atoms with E-state index in [4.69, 9.17) is 16.7 Å². The average molecular weight is 254 g/mol. The van der Waals surface area contributed by atoms with Crippen molar-refractivity contribution in [3.8, 4) is 0 Å². The van der Waals surface area contributed by atoms with Crippen molar-refractivity contribution in [3.05, 3.63) is 50.9 Å². The minimum Gasteiger partial charge on any atom is -0.477 e. The Balaban J connectivity index is 2.31. The van der Waals surface area contributed by atoms with Crippen molar-refractivity contribution in [2.75, 3.05) is 0 Å². The van der Waals surface area contributed by atoms with E-state index in [1.807, 2.05) is 18.2 Å². The van der Waals surface area contributed by atoms with Crippen LogP contribution < -0.4 is 0 Å². The van der Waals surface area contributed by atoms with E-state index in [1.54, 1.807) is 6.07 Å². The first-order valence-electron chi connectivity index (χ1n) is 4.57. The second kappa shape index (κ2) is 4.63. The Morgan fingerprint density at radius 1 is 1.44 bits per heavy atom. The fraction of sp³-hybridized carbons (Fsp3) is 0.0909. The van der Waals surface area contributed by atoms with Crippen molar-refractivity contribution in [1.29, 1.82) is 0 Å². The largest absolute Gasteiger partial charge is 0.477 e. The molecule has 0 aliphatic rings. The van der Waals surface area contributed by atoms with Crippen molar-refractivity contribution < 1.29 is 9.90 Å². The van der Waals surface area contributed by atoms with Gasteiger partial charge in [0.25, 0.3) is 0 Å². The van der Waals surface area contributed by atoms with Crippen LogP contribution >= 0.6 is 22.9 Å². The highest BCUT2D eigenvalue weighted by Crippen LogP contribution is 2.22. The van der Waals surface area contributed by atoms with E-state index < -0.39 is 5.97 Å². The maximum absolute atomic E-state index is 10.9. The number of rotatable bonds is 3. The first-order chi connectivity index (χ1) is 7.68. The van der Waals surface area contributed by atoms with Crippen LogP contribution in [0, 0.1) is 0 Å². The molecule has 82 valence electrons. The summed E-state index contributed by atoms with van der Waals surface area (Å²) in [4.78, 5) is 15.2. The van der Waals surface area contributed by atoms with Gasteiger partial charge < -0.3 is 5.11 Å². The number of benzene rings is 1. The summed E-state index contributed by atoms with van der Waals surface area (Å²) in [6.45, 7) is 0. The predicted octanol–water partition coefficient (Wildman–Crippen LogP) is 3.09. The van der Waals surface area contributed by atoms with Crippen LogP contribution in [0.4, 0.5) is 0 Å². The van der Waals surface area contributed by atoms with Gasteiger partial charge in [0, 0.05) is 11.4 Å². The molecule has 0 bridgehead atoms. The predicted molar refractivity (Wildman–Crippen MR) is 63.3 cm³/mol. The highest BCUT2D eigenvalue weighted by Gasteiger charge is 2.14. The van der Waals surface area contributed by atoms with Crippen LogP contribution in [0.15, 0.2) is 29.8 Å². The highest BCUT2D eigenvalue weighted by molar-refractivity contribution is 7.11. The zero-order chi connectivity index (χ0) is 11.5. The molecule has 3 nitrogen and oxygen atoms in total. The van der Waals surface area contributed by atoms with Gasteiger partial charge >= 0.3 is 5.97 Å². The van der Waals surface area contributed by atoms with Gasteiger partial charge in [0.15, 0.2) is 0 Å². The number of carboxylic acids is 1. The molecule has 2 rings (SSSR count). The van der Waals surface area contributed by atoms with E-state index in [2.05, 4.69) is 4.98 Å². The third-order valence-corrected chi connectivity index (χ3v) is 3.38. The second-order valence-corrected chi connectivity index (χ2v) is 4.46. The highest BCUT2D eigenvalue weighted by atomic mass is 35.5. The van der Waals surface area contributed by atoms with Gasteiger partial charge in [-0.15, -0.1) is 11.3 Å². The van der Waals surface area contributed by atoms with E-state index >= 15 is 0 Å². The van der Waals surface area contributed by atoms with Crippen LogP contribution in [0.1, 0.15) is 20.9 Å². The van der Waals surface area contributed by atoms with Gasteiger partial charge in [-0.2, -0.15) is 0 Å². The molecule has 0 saturated carbocycles. The maximum atomic E-state index is 10.9. The SMILES string of the molecule is O=C(O)c1scnc1Cc1ccccc1Cl. The van der Waals surface area contributed by atoms with Crippen molar-refractivity contribution in [2.24, 2.45) is 0 Å². The third kappa shape index (κ3) is 2.23. The van der Waals surface area contributed by atoms with Gasteiger partial charge in [-0.25, -0.2) is 9.78 Å². The molecule has 0 radical (unpaired) electrons. The Morgan fingerprint density at radius 3 is 2.88 bits per heavy atom. The Bertz CT molecular complexity index is 524. The summed E-state index contributed by atoms with van der Waals surface area (Å²) in [6, 6.07) is 7.36. The van der Waals surface area contributed by atoms with Gasteiger partial charge in [-0.1, -0.05) is 29.8 Å². The van der Waals surface area contributed by atoms with E-state index in [9.17, 15) is 4.79 Å². The lowest BCUT2D eigenvalue weighted by molar-refractivity contribution is 0.0701. The maximum Gasteiger partial charge on any atom is 0.347 e. The van der Waals surface area contributed by atoms with Crippen LogP contribution in [-0.4, -0.2) is 16.1 Å². The molecule has 16 heavy (non-hydrogen) atoms. The number of carbonyl (C=O) groups is 1. The molecule has 5 heteroatoms. The molecule has 1 heterocycles. The molecule has 0 aliphatic heterocycles. The van der Waals surface area contributed by atoms with Gasteiger partial charge in [0.05, 0.1) is 11.2 Å². The molecule has 0 atom stereocenters. The Labute approximate surface area is 101 Å². The number of aromatic nitrogens is 1. The Kier molecular flexibility index (Phi) is 3.22. The Hall–Kier alpha value is -1.39. The van der Waals surface area contributed by atoms with E-state index in [0.717, 1.165) is 16.9 Å². The minimum atomic E-state index is -0.940. The van der Waals surface area contributed by atoms with Gasteiger partial charge in [0.2, 0.25) is 0 Å². The molecular weight excluding hydrogens is 246 g/mol. The van der Waals surface area contributed by atoms with Crippen molar-refractivity contribution in [2.45, 2.75) is 6.42 Å². The molecule has 1 aromatic carbocycles. The number of nitrogens with zero attached hydrogens (tertiary/aromatic N) is 1. The number of hydrogen-bond donors (Lipinski definition) is 1. The number of thiazole rings is 1. The number of carboxylic acid groups (broad SMARTS) is 1. The molecule has 1 aromatic heterocycles. The van der Waals surface area contributed by atoms with Crippen molar-refractivity contribution in [3.63, 3.8) is 0 Å². The molecule has 2 aromatic rings. The average Bonchev–Trinajstić information content (AvgIpc) is 2.69. The second-order valence-electron chi connectivity index (χ2n) is 3.20. The van der Waals surface area contributed by atoms with Crippen LogP contribution in [0.5, 0.6) is 0 Å². The summed E-state index contributed by atoms with van der Waals surface area (Å²) in [5.41, 5.74) is 2.98. The van der Waals surface area contributed by atoms with Crippen molar-refractivity contribution in [1.82, 2.24) is 4.98 Å².